The number of hydrogen-bond donors (Lipinski definition) is 1. The molecule has 0 fully saturated rings. The fourth-order valence-corrected chi connectivity index (χ4v) is 2.48. The zero-order valence-electron chi connectivity index (χ0n) is 11.0. The number of hydrogen-bond acceptors (Lipinski definition) is 4. The number of pyridine rings is 1. The highest BCUT2D eigenvalue weighted by Crippen LogP contribution is 2.25. The molecule has 2 heterocycles. The molecule has 0 aliphatic heterocycles. The van der Waals surface area contributed by atoms with Gasteiger partial charge in [0, 0.05) is 29.4 Å². The molecular weight excluding hydrogens is 244 g/mol. The predicted octanol–water partition coefficient (Wildman–Crippen LogP) is 3.77. The van der Waals surface area contributed by atoms with Gasteiger partial charge in [0.05, 0.1) is 6.61 Å². The molecule has 0 aliphatic carbocycles. The van der Waals surface area contributed by atoms with Crippen molar-refractivity contribution in [2.75, 3.05) is 25.1 Å². The van der Waals surface area contributed by atoms with Crippen LogP contribution in [0.15, 0.2) is 23.7 Å². The molecule has 0 amide bonds. The lowest BCUT2D eigenvalue weighted by atomic mass is 10.1. The zero-order valence-corrected chi connectivity index (χ0v) is 11.8. The lowest BCUT2D eigenvalue weighted by Gasteiger charge is -2.08. The molecule has 2 aromatic heterocycles. The summed E-state index contributed by atoms with van der Waals surface area (Å²) in [5.74, 6) is 1.67. The number of aromatic nitrogens is 1. The van der Waals surface area contributed by atoms with E-state index < -0.39 is 0 Å². The maximum absolute atomic E-state index is 5.57. The lowest BCUT2D eigenvalue weighted by Crippen LogP contribution is -2.11. The molecule has 98 valence electrons. The quantitative estimate of drug-likeness (QED) is 0.773. The fraction of sp³-hybridized carbons (Fsp3) is 0.500. The number of rotatable bonds is 7. The van der Waals surface area contributed by atoms with Gasteiger partial charge >= 0.3 is 0 Å². The van der Waals surface area contributed by atoms with Gasteiger partial charge in [-0.05, 0) is 29.9 Å². The third kappa shape index (κ3) is 3.68. The normalized spacial score (nSPS) is 11.3. The predicted molar refractivity (Wildman–Crippen MR) is 78.4 cm³/mol. The van der Waals surface area contributed by atoms with E-state index in [0.717, 1.165) is 32.0 Å². The lowest BCUT2D eigenvalue weighted by molar-refractivity contribution is 0.132. The minimum atomic E-state index is 0.708. The second kappa shape index (κ2) is 6.71. The van der Waals surface area contributed by atoms with E-state index in [9.17, 15) is 0 Å². The largest absolute Gasteiger partial charge is 0.380 e. The van der Waals surface area contributed by atoms with Crippen LogP contribution in [-0.2, 0) is 4.74 Å². The van der Waals surface area contributed by atoms with Gasteiger partial charge in [-0.15, -0.1) is 11.3 Å². The molecule has 0 radical (unpaired) electrons. The summed E-state index contributed by atoms with van der Waals surface area (Å²) in [4.78, 5) is 4.37. The van der Waals surface area contributed by atoms with Crippen molar-refractivity contribution in [3.05, 3.63) is 23.7 Å². The molecule has 0 aromatic carbocycles. The second-order valence-corrected chi connectivity index (χ2v) is 5.66. The maximum Gasteiger partial charge on any atom is 0.134 e. The van der Waals surface area contributed by atoms with Gasteiger partial charge in [-0.1, -0.05) is 13.8 Å². The van der Waals surface area contributed by atoms with E-state index in [1.807, 2.05) is 12.3 Å². The smallest absolute Gasteiger partial charge is 0.134 e. The highest BCUT2D eigenvalue weighted by atomic mass is 32.1. The van der Waals surface area contributed by atoms with Gasteiger partial charge < -0.3 is 10.1 Å². The highest BCUT2D eigenvalue weighted by Gasteiger charge is 2.02. The fourth-order valence-electron chi connectivity index (χ4n) is 1.70. The Labute approximate surface area is 112 Å². The third-order valence-electron chi connectivity index (χ3n) is 2.76. The Kier molecular flexibility index (Phi) is 4.96. The zero-order chi connectivity index (χ0) is 12.8. The van der Waals surface area contributed by atoms with Crippen LogP contribution in [0.3, 0.4) is 0 Å². The molecule has 0 aliphatic rings. The molecule has 4 heteroatoms. The molecule has 2 rings (SSSR count). The van der Waals surface area contributed by atoms with Crippen LogP contribution in [0.1, 0.15) is 20.3 Å². The Balaban J connectivity index is 1.75. The molecule has 1 N–H and O–H groups in total. The number of nitrogens with one attached hydrogen (secondary N) is 1. The minimum Gasteiger partial charge on any atom is -0.380 e. The van der Waals surface area contributed by atoms with Crippen molar-refractivity contribution in [2.45, 2.75) is 20.3 Å². The van der Waals surface area contributed by atoms with Crippen molar-refractivity contribution < 1.29 is 4.74 Å². The topological polar surface area (TPSA) is 34.1 Å². The number of anilines is 1. The van der Waals surface area contributed by atoms with Crippen LogP contribution in [0.25, 0.3) is 10.1 Å². The Morgan fingerprint density at radius 2 is 2.22 bits per heavy atom. The van der Waals surface area contributed by atoms with Crippen LogP contribution in [0.4, 0.5) is 5.82 Å². The molecule has 2 aromatic rings. The van der Waals surface area contributed by atoms with Gasteiger partial charge in [-0.25, -0.2) is 4.98 Å². The van der Waals surface area contributed by atoms with Crippen molar-refractivity contribution >= 4 is 27.2 Å². The van der Waals surface area contributed by atoms with Crippen LogP contribution in [0, 0.1) is 5.92 Å². The van der Waals surface area contributed by atoms with E-state index >= 15 is 0 Å². The molecule has 18 heavy (non-hydrogen) atoms. The first-order chi connectivity index (χ1) is 8.77. The molecule has 3 nitrogen and oxygen atoms in total. The Morgan fingerprint density at radius 3 is 3.06 bits per heavy atom. The maximum atomic E-state index is 5.57. The summed E-state index contributed by atoms with van der Waals surface area (Å²) in [6, 6.07) is 4.15. The van der Waals surface area contributed by atoms with Gasteiger partial charge in [-0.3, -0.25) is 0 Å². The van der Waals surface area contributed by atoms with Gasteiger partial charge in [0.2, 0.25) is 0 Å². The van der Waals surface area contributed by atoms with E-state index in [-0.39, 0.29) is 0 Å². The Hall–Kier alpha value is -1.13. The average molecular weight is 264 g/mol. The number of nitrogens with zero attached hydrogens (tertiary/aromatic N) is 1. The summed E-state index contributed by atoms with van der Waals surface area (Å²) in [7, 11) is 0. The first kappa shape index (κ1) is 13.3. The van der Waals surface area contributed by atoms with E-state index in [1.165, 1.54) is 10.1 Å². The van der Waals surface area contributed by atoms with Gasteiger partial charge in [0.1, 0.15) is 5.82 Å². The second-order valence-electron chi connectivity index (χ2n) is 4.71. The summed E-state index contributed by atoms with van der Waals surface area (Å²) in [5.41, 5.74) is 0. The van der Waals surface area contributed by atoms with Crippen molar-refractivity contribution in [1.82, 2.24) is 4.98 Å². The Bertz CT molecular complexity index is 481. The summed E-state index contributed by atoms with van der Waals surface area (Å²) >= 11 is 1.74. The number of fused-ring (bicyclic) bond motifs is 1. The summed E-state index contributed by atoms with van der Waals surface area (Å²) in [6.07, 6.45) is 2.97. The molecule has 0 spiro atoms. The van der Waals surface area contributed by atoms with E-state index in [4.69, 9.17) is 4.74 Å². The van der Waals surface area contributed by atoms with E-state index in [0.29, 0.717) is 5.92 Å². The molecular formula is C14H20N2OS. The SMILES string of the molecule is CC(C)CCOCCNc1nccc2sccc12. The van der Waals surface area contributed by atoms with Crippen LogP contribution >= 0.6 is 11.3 Å². The molecule has 0 saturated carbocycles. The van der Waals surface area contributed by atoms with Crippen LogP contribution in [0.5, 0.6) is 0 Å². The van der Waals surface area contributed by atoms with Crippen molar-refractivity contribution in [3.8, 4) is 0 Å². The standard InChI is InChI=1S/C14H20N2OS/c1-11(2)4-8-17-9-7-16-14-12-5-10-18-13(12)3-6-15-14/h3,5-6,10-11H,4,7-9H2,1-2H3,(H,15,16). The number of ether oxygens (including phenoxy) is 1. The summed E-state index contributed by atoms with van der Waals surface area (Å²) in [6.45, 7) is 6.80. The van der Waals surface area contributed by atoms with Crippen LogP contribution in [-0.4, -0.2) is 24.7 Å². The monoisotopic (exact) mass is 264 g/mol. The summed E-state index contributed by atoms with van der Waals surface area (Å²) < 4.78 is 6.84. The molecule has 0 saturated heterocycles. The third-order valence-corrected chi connectivity index (χ3v) is 3.64. The molecule has 0 atom stereocenters. The number of thiophene rings is 1. The van der Waals surface area contributed by atoms with Crippen LogP contribution < -0.4 is 5.32 Å². The van der Waals surface area contributed by atoms with E-state index in [1.54, 1.807) is 11.3 Å². The first-order valence-corrected chi connectivity index (χ1v) is 7.29. The van der Waals surface area contributed by atoms with Gasteiger partial charge in [0.25, 0.3) is 0 Å². The van der Waals surface area contributed by atoms with Crippen molar-refractivity contribution in [3.63, 3.8) is 0 Å². The molecule has 0 bridgehead atoms. The summed E-state index contributed by atoms with van der Waals surface area (Å²) in [5, 5.41) is 6.63. The average Bonchev–Trinajstić information content (AvgIpc) is 2.82. The van der Waals surface area contributed by atoms with Crippen molar-refractivity contribution in [2.24, 2.45) is 5.92 Å². The van der Waals surface area contributed by atoms with E-state index in [2.05, 4.69) is 35.6 Å². The minimum absolute atomic E-state index is 0.708. The first-order valence-electron chi connectivity index (χ1n) is 6.41. The van der Waals surface area contributed by atoms with Gasteiger partial charge in [-0.2, -0.15) is 0 Å². The van der Waals surface area contributed by atoms with Crippen LogP contribution in [0.2, 0.25) is 0 Å². The highest BCUT2D eigenvalue weighted by molar-refractivity contribution is 7.17. The Morgan fingerprint density at radius 1 is 1.33 bits per heavy atom. The molecule has 0 unspecified atom stereocenters. The van der Waals surface area contributed by atoms with Crippen molar-refractivity contribution in [1.29, 1.82) is 0 Å². The van der Waals surface area contributed by atoms with Gasteiger partial charge in [0.15, 0.2) is 0 Å².